The number of rotatable bonds is 3. The van der Waals surface area contributed by atoms with Gasteiger partial charge in [0, 0.05) is 28.6 Å². The Morgan fingerprint density at radius 2 is 2.10 bits per heavy atom. The van der Waals surface area contributed by atoms with Gasteiger partial charge < -0.3 is 9.64 Å². The van der Waals surface area contributed by atoms with Gasteiger partial charge in [-0.25, -0.2) is 0 Å². The maximum atomic E-state index is 12.7. The number of carbonyl (C=O) groups is 1. The quantitative estimate of drug-likeness (QED) is 0.858. The van der Waals surface area contributed by atoms with Crippen LogP contribution in [0.25, 0.3) is 0 Å². The SMILES string of the molecule is CC(C)(Oc1ccc(Cl)cc1)C(=O)N1CC2CC1CS2. The van der Waals surface area contributed by atoms with Gasteiger partial charge >= 0.3 is 0 Å². The smallest absolute Gasteiger partial charge is 0.266 e. The number of hydrogen-bond acceptors (Lipinski definition) is 3. The third-order valence-corrected chi connectivity index (χ3v) is 5.51. The maximum Gasteiger partial charge on any atom is 0.266 e. The lowest BCUT2D eigenvalue weighted by molar-refractivity contribution is -0.146. The van der Waals surface area contributed by atoms with Crippen LogP contribution in [-0.4, -0.2) is 40.0 Å². The largest absolute Gasteiger partial charge is 0.478 e. The van der Waals surface area contributed by atoms with Crippen molar-refractivity contribution in [1.29, 1.82) is 0 Å². The molecule has 2 unspecified atom stereocenters. The minimum Gasteiger partial charge on any atom is -0.478 e. The third kappa shape index (κ3) is 2.63. The topological polar surface area (TPSA) is 29.5 Å². The number of amides is 1. The highest BCUT2D eigenvalue weighted by Gasteiger charge is 2.45. The Kier molecular flexibility index (Phi) is 3.63. The van der Waals surface area contributed by atoms with E-state index in [2.05, 4.69) is 0 Å². The molecule has 108 valence electrons. The van der Waals surface area contributed by atoms with Crippen LogP contribution in [0, 0.1) is 0 Å². The molecular formula is C15H18ClNO2S. The lowest BCUT2D eigenvalue weighted by Crippen LogP contribution is -2.52. The second-order valence-electron chi connectivity index (χ2n) is 5.87. The van der Waals surface area contributed by atoms with Crippen LogP contribution in [0.1, 0.15) is 20.3 Å². The van der Waals surface area contributed by atoms with E-state index < -0.39 is 5.60 Å². The number of carbonyl (C=O) groups excluding carboxylic acids is 1. The van der Waals surface area contributed by atoms with Crippen LogP contribution in [0.2, 0.25) is 5.02 Å². The van der Waals surface area contributed by atoms with Crippen molar-refractivity contribution < 1.29 is 9.53 Å². The molecule has 1 amide bonds. The number of thioether (sulfide) groups is 1. The Balaban J connectivity index is 1.71. The van der Waals surface area contributed by atoms with Gasteiger partial charge in [0.2, 0.25) is 0 Å². The van der Waals surface area contributed by atoms with E-state index >= 15 is 0 Å². The summed E-state index contributed by atoms with van der Waals surface area (Å²) >= 11 is 7.84. The Morgan fingerprint density at radius 1 is 1.40 bits per heavy atom. The van der Waals surface area contributed by atoms with Crippen molar-refractivity contribution >= 4 is 29.3 Å². The molecule has 0 N–H and O–H groups in total. The zero-order chi connectivity index (χ0) is 14.3. The van der Waals surface area contributed by atoms with Crippen LogP contribution in [0.3, 0.4) is 0 Å². The summed E-state index contributed by atoms with van der Waals surface area (Å²) in [4.78, 5) is 14.7. The van der Waals surface area contributed by atoms with Crippen LogP contribution in [-0.2, 0) is 4.79 Å². The van der Waals surface area contributed by atoms with Gasteiger partial charge in [-0.3, -0.25) is 4.79 Å². The molecular weight excluding hydrogens is 294 g/mol. The number of likely N-dealkylation sites (tertiary alicyclic amines) is 1. The molecule has 5 heteroatoms. The molecule has 0 spiro atoms. The summed E-state index contributed by atoms with van der Waals surface area (Å²) in [6.07, 6.45) is 1.13. The summed E-state index contributed by atoms with van der Waals surface area (Å²) in [5, 5.41) is 1.28. The molecule has 2 heterocycles. The first kappa shape index (κ1) is 14.1. The van der Waals surface area contributed by atoms with Crippen LogP contribution in [0.5, 0.6) is 5.75 Å². The summed E-state index contributed by atoms with van der Waals surface area (Å²) in [7, 11) is 0. The van der Waals surface area contributed by atoms with Gasteiger partial charge in [-0.15, -0.1) is 0 Å². The molecule has 2 aliphatic heterocycles. The summed E-state index contributed by atoms with van der Waals surface area (Å²) in [5.74, 6) is 1.82. The third-order valence-electron chi connectivity index (χ3n) is 3.86. The number of hydrogen-bond donors (Lipinski definition) is 0. The fourth-order valence-corrected chi connectivity index (χ4v) is 4.40. The monoisotopic (exact) mass is 311 g/mol. The fourth-order valence-electron chi connectivity index (χ4n) is 2.84. The molecule has 0 radical (unpaired) electrons. The average molecular weight is 312 g/mol. The first-order valence-corrected chi connectivity index (χ1v) is 8.25. The zero-order valence-electron chi connectivity index (χ0n) is 11.6. The minimum absolute atomic E-state index is 0.0836. The summed E-state index contributed by atoms with van der Waals surface area (Å²) in [5.41, 5.74) is -0.844. The number of benzene rings is 1. The van der Waals surface area contributed by atoms with Gasteiger partial charge in [0.25, 0.3) is 5.91 Å². The van der Waals surface area contributed by atoms with E-state index in [0.29, 0.717) is 22.1 Å². The zero-order valence-corrected chi connectivity index (χ0v) is 13.2. The predicted molar refractivity (Wildman–Crippen MR) is 82.5 cm³/mol. The van der Waals surface area contributed by atoms with Crippen molar-refractivity contribution in [3.63, 3.8) is 0 Å². The van der Waals surface area contributed by atoms with Crippen LogP contribution >= 0.6 is 23.4 Å². The highest BCUT2D eigenvalue weighted by molar-refractivity contribution is 8.00. The van der Waals surface area contributed by atoms with Crippen LogP contribution in [0.4, 0.5) is 0 Å². The molecule has 3 nitrogen and oxygen atoms in total. The Hall–Kier alpha value is -0.870. The molecule has 0 aromatic heterocycles. The summed E-state index contributed by atoms with van der Waals surface area (Å²) < 4.78 is 5.88. The van der Waals surface area contributed by atoms with Crippen molar-refractivity contribution in [2.24, 2.45) is 0 Å². The number of halogens is 1. The van der Waals surface area contributed by atoms with E-state index in [1.165, 1.54) is 0 Å². The van der Waals surface area contributed by atoms with Crippen molar-refractivity contribution in [1.82, 2.24) is 4.90 Å². The van der Waals surface area contributed by atoms with Gasteiger partial charge in [0.15, 0.2) is 5.60 Å². The van der Waals surface area contributed by atoms with E-state index in [1.807, 2.05) is 30.5 Å². The van der Waals surface area contributed by atoms with E-state index in [9.17, 15) is 4.79 Å². The van der Waals surface area contributed by atoms with Crippen molar-refractivity contribution in [3.05, 3.63) is 29.3 Å². The summed E-state index contributed by atoms with van der Waals surface area (Å²) in [6, 6.07) is 7.52. The number of nitrogens with zero attached hydrogens (tertiary/aromatic N) is 1. The predicted octanol–water partition coefficient (Wildman–Crippen LogP) is 3.21. The van der Waals surface area contributed by atoms with Crippen molar-refractivity contribution in [2.75, 3.05) is 12.3 Å². The van der Waals surface area contributed by atoms with E-state index in [0.717, 1.165) is 18.7 Å². The van der Waals surface area contributed by atoms with Gasteiger partial charge in [-0.05, 0) is 44.5 Å². The van der Waals surface area contributed by atoms with Crippen LogP contribution < -0.4 is 4.74 Å². The normalized spacial score (nSPS) is 25.1. The first-order chi connectivity index (χ1) is 9.45. The molecule has 1 aromatic carbocycles. The lowest BCUT2D eigenvalue weighted by Gasteiger charge is -2.34. The Labute approximate surface area is 128 Å². The molecule has 2 aliphatic rings. The first-order valence-electron chi connectivity index (χ1n) is 6.83. The molecule has 1 aromatic rings. The molecule has 0 saturated carbocycles. The molecule has 2 fully saturated rings. The standard InChI is InChI=1S/C15H18ClNO2S/c1-15(2,19-12-5-3-10(16)4-6-12)14(18)17-8-13-7-11(17)9-20-13/h3-6,11,13H,7-9H2,1-2H3. The average Bonchev–Trinajstić information content (AvgIpc) is 3.02. The van der Waals surface area contributed by atoms with E-state index in [-0.39, 0.29) is 5.91 Å². The molecule has 0 aliphatic carbocycles. The molecule has 2 atom stereocenters. The van der Waals surface area contributed by atoms with Gasteiger partial charge in [-0.1, -0.05) is 11.6 Å². The van der Waals surface area contributed by atoms with Gasteiger partial charge in [0.1, 0.15) is 5.75 Å². The highest BCUT2D eigenvalue weighted by atomic mass is 35.5. The van der Waals surface area contributed by atoms with E-state index in [1.54, 1.807) is 24.3 Å². The minimum atomic E-state index is -0.844. The molecule has 2 saturated heterocycles. The van der Waals surface area contributed by atoms with Crippen molar-refractivity contribution in [2.45, 2.75) is 37.2 Å². The Bertz CT molecular complexity index is 517. The second kappa shape index (κ2) is 5.15. The second-order valence-corrected chi connectivity index (χ2v) is 7.64. The lowest BCUT2D eigenvalue weighted by atomic mass is 10.1. The van der Waals surface area contributed by atoms with Crippen LogP contribution in [0.15, 0.2) is 24.3 Å². The van der Waals surface area contributed by atoms with Crippen molar-refractivity contribution in [3.8, 4) is 5.75 Å². The summed E-state index contributed by atoms with van der Waals surface area (Å²) in [6.45, 7) is 4.54. The Morgan fingerprint density at radius 3 is 2.65 bits per heavy atom. The highest BCUT2D eigenvalue weighted by Crippen LogP contribution is 2.38. The molecule has 2 bridgehead atoms. The number of fused-ring (bicyclic) bond motifs is 2. The van der Waals surface area contributed by atoms with Gasteiger partial charge in [-0.2, -0.15) is 11.8 Å². The number of ether oxygens (including phenoxy) is 1. The molecule has 3 rings (SSSR count). The van der Waals surface area contributed by atoms with Gasteiger partial charge in [0.05, 0.1) is 0 Å². The fraction of sp³-hybridized carbons (Fsp3) is 0.533. The molecule has 20 heavy (non-hydrogen) atoms. The maximum absolute atomic E-state index is 12.7. The van der Waals surface area contributed by atoms with E-state index in [4.69, 9.17) is 16.3 Å².